The fraction of sp³-hybridized carbons (Fsp3) is 0.364. The lowest BCUT2D eigenvalue weighted by atomic mass is 10.2. The summed E-state index contributed by atoms with van der Waals surface area (Å²) >= 11 is 3.17. The van der Waals surface area contributed by atoms with Crippen molar-refractivity contribution in [1.29, 1.82) is 0 Å². The maximum atomic E-state index is 11.9. The average molecular weight is 298 g/mol. The van der Waals surface area contributed by atoms with E-state index in [-0.39, 0.29) is 11.8 Å². The summed E-state index contributed by atoms with van der Waals surface area (Å²) in [6.45, 7) is 0. The number of nitrogens with zero attached hydrogens (tertiary/aromatic N) is 2. The molecule has 1 fully saturated rings. The SMILES string of the molecule is CN(C(=O)C1CC1)c1cnc(Br)cc1C(N)=O. The van der Waals surface area contributed by atoms with Gasteiger partial charge in [-0.15, -0.1) is 0 Å². The highest BCUT2D eigenvalue weighted by atomic mass is 79.9. The van der Waals surface area contributed by atoms with Gasteiger partial charge in [0.1, 0.15) is 4.60 Å². The summed E-state index contributed by atoms with van der Waals surface area (Å²) in [6.07, 6.45) is 3.31. The van der Waals surface area contributed by atoms with Crippen LogP contribution >= 0.6 is 15.9 Å². The summed E-state index contributed by atoms with van der Waals surface area (Å²) in [5.41, 5.74) is 6.04. The molecule has 17 heavy (non-hydrogen) atoms. The molecule has 0 radical (unpaired) electrons. The number of aromatic nitrogens is 1. The Morgan fingerprint density at radius 2 is 2.18 bits per heavy atom. The number of anilines is 1. The summed E-state index contributed by atoms with van der Waals surface area (Å²) < 4.78 is 0.516. The minimum absolute atomic E-state index is 0.0108. The first-order valence-corrected chi connectivity index (χ1v) is 6.03. The van der Waals surface area contributed by atoms with Gasteiger partial charge in [-0.1, -0.05) is 0 Å². The Balaban J connectivity index is 2.36. The van der Waals surface area contributed by atoms with Crippen molar-refractivity contribution in [2.75, 3.05) is 11.9 Å². The molecule has 1 aromatic rings. The number of nitrogens with two attached hydrogens (primary N) is 1. The van der Waals surface area contributed by atoms with Crippen molar-refractivity contribution < 1.29 is 9.59 Å². The van der Waals surface area contributed by atoms with Crippen LogP contribution in [0.2, 0.25) is 0 Å². The minimum Gasteiger partial charge on any atom is -0.366 e. The molecule has 0 aromatic carbocycles. The van der Waals surface area contributed by atoms with Crippen molar-refractivity contribution >= 4 is 33.4 Å². The van der Waals surface area contributed by atoms with Gasteiger partial charge in [-0.2, -0.15) is 0 Å². The van der Waals surface area contributed by atoms with E-state index in [0.29, 0.717) is 15.9 Å². The van der Waals surface area contributed by atoms with Gasteiger partial charge in [0.2, 0.25) is 5.91 Å². The number of halogens is 1. The fourth-order valence-corrected chi connectivity index (χ4v) is 1.94. The number of rotatable bonds is 3. The zero-order chi connectivity index (χ0) is 12.6. The second-order valence-corrected chi connectivity index (χ2v) is 4.87. The van der Waals surface area contributed by atoms with Crippen molar-refractivity contribution in [3.8, 4) is 0 Å². The molecule has 2 rings (SSSR count). The zero-order valence-electron chi connectivity index (χ0n) is 9.31. The molecule has 0 atom stereocenters. The maximum Gasteiger partial charge on any atom is 0.250 e. The van der Waals surface area contributed by atoms with E-state index in [4.69, 9.17) is 5.73 Å². The second kappa shape index (κ2) is 4.44. The molecular weight excluding hydrogens is 286 g/mol. The lowest BCUT2D eigenvalue weighted by molar-refractivity contribution is -0.119. The highest BCUT2D eigenvalue weighted by Crippen LogP contribution is 2.33. The molecule has 1 heterocycles. The molecule has 0 bridgehead atoms. The molecule has 0 aliphatic heterocycles. The highest BCUT2D eigenvalue weighted by molar-refractivity contribution is 9.10. The Hall–Kier alpha value is -1.43. The first kappa shape index (κ1) is 12.0. The quantitative estimate of drug-likeness (QED) is 0.855. The van der Waals surface area contributed by atoms with Crippen LogP contribution in [0.15, 0.2) is 16.9 Å². The van der Waals surface area contributed by atoms with E-state index in [1.807, 2.05) is 0 Å². The van der Waals surface area contributed by atoms with E-state index in [1.54, 1.807) is 7.05 Å². The van der Waals surface area contributed by atoms with Gasteiger partial charge >= 0.3 is 0 Å². The Kier molecular flexibility index (Phi) is 3.15. The minimum atomic E-state index is -0.571. The second-order valence-electron chi connectivity index (χ2n) is 4.06. The fourth-order valence-electron chi connectivity index (χ4n) is 1.61. The molecule has 1 saturated carbocycles. The lowest BCUT2D eigenvalue weighted by Gasteiger charge is -2.19. The van der Waals surface area contributed by atoms with Gasteiger partial charge in [-0.3, -0.25) is 9.59 Å². The standard InChI is InChI=1S/C11H12BrN3O2/c1-15(11(17)6-2-3-6)8-5-14-9(12)4-7(8)10(13)16/h4-6H,2-3H2,1H3,(H2,13,16). The average Bonchev–Trinajstić information content (AvgIpc) is 3.10. The monoisotopic (exact) mass is 297 g/mol. The van der Waals surface area contributed by atoms with Crippen LogP contribution in [-0.4, -0.2) is 23.8 Å². The molecule has 1 aliphatic carbocycles. The molecule has 1 aliphatic rings. The first-order chi connectivity index (χ1) is 8.00. The molecule has 0 unspecified atom stereocenters. The molecule has 0 spiro atoms. The number of primary amides is 1. The Morgan fingerprint density at radius 1 is 1.53 bits per heavy atom. The molecule has 2 amide bonds. The van der Waals surface area contributed by atoms with Gasteiger partial charge in [0.05, 0.1) is 17.4 Å². The van der Waals surface area contributed by atoms with Crippen LogP contribution in [0.5, 0.6) is 0 Å². The number of pyridine rings is 1. The molecule has 1 aromatic heterocycles. The molecule has 5 nitrogen and oxygen atoms in total. The zero-order valence-corrected chi connectivity index (χ0v) is 10.9. The predicted octanol–water partition coefficient (Wildman–Crippen LogP) is 1.32. The number of amides is 2. The Morgan fingerprint density at radius 3 is 2.71 bits per heavy atom. The summed E-state index contributed by atoms with van der Waals surface area (Å²) in [7, 11) is 1.64. The third-order valence-corrected chi connectivity index (χ3v) is 3.17. The van der Waals surface area contributed by atoms with Crippen molar-refractivity contribution in [2.45, 2.75) is 12.8 Å². The van der Waals surface area contributed by atoms with Gasteiger partial charge in [0.15, 0.2) is 0 Å². The number of hydrogen-bond donors (Lipinski definition) is 1. The van der Waals surface area contributed by atoms with Crippen LogP contribution in [0.1, 0.15) is 23.2 Å². The van der Waals surface area contributed by atoms with E-state index < -0.39 is 5.91 Å². The molecular formula is C11H12BrN3O2. The Bertz CT molecular complexity index is 486. The smallest absolute Gasteiger partial charge is 0.250 e. The van der Waals surface area contributed by atoms with E-state index in [1.165, 1.54) is 17.2 Å². The van der Waals surface area contributed by atoms with Crippen LogP contribution < -0.4 is 10.6 Å². The van der Waals surface area contributed by atoms with Gasteiger partial charge in [-0.05, 0) is 34.8 Å². The molecule has 90 valence electrons. The van der Waals surface area contributed by atoms with Crippen molar-refractivity contribution in [1.82, 2.24) is 4.98 Å². The van der Waals surface area contributed by atoms with E-state index in [2.05, 4.69) is 20.9 Å². The van der Waals surface area contributed by atoms with Crippen LogP contribution in [0, 0.1) is 5.92 Å². The van der Waals surface area contributed by atoms with E-state index in [9.17, 15) is 9.59 Å². The number of carbonyl (C=O) groups is 2. The predicted molar refractivity (Wildman–Crippen MR) is 66.6 cm³/mol. The molecule has 6 heteroatoms. The largest absolute Gasteiger partial charge is 0.366 e. The first-order valence-electron chi connectivity index (χ1n) is 5.23. The van der Waals surface area contributed by atoms with Crippen LogP contribution in [0.3, 0.4) is 0 Å². The summed E-state index contributed by atoms with van der Waals surface area (Å²) in [5, 5.41) is 0. The third kappa shape index (κ3) is 2.46. The highest BCUT2D eigenvalue weighted by Gasteiger charge is 2.33. The van der Waals surface area contributed by atoms with Gasteiger partial charge in [-0.25, -0.2) is 4.98 Å². The summed E-state index contributed by atoms with van der Waals surface area (Å²) in [4.78, 5) is 28.7. The normalized spacial score (nSPS) is 14.5. The van der Waals surface area contributed by atoms with E-state index >= 15 is 0 Å². The van der Waals surface area contributed by atoms with Gasteiger partial charge in [0.25, 0.3) is 5.91 Å². The van der Waals surface area contributed by atoms with Crippen LogP contribution in [0.25, 0.3) is 0 Å². The lowest BCUT2D eigenvalue weighted by Crippen LogP contribution is -2.30. The van der Waals surface area contributed by atoms with E-state index in [0.717, 1.165) is 12.8 Å². The topological polar surface area (TPSA) is 76.3 Å². The third-order valence-electron chi connectivity index (χ3n) is 2.73. The van der Waals surface area contributed by atoms with Crippen LogP contribution in [0.4, 0.5) is 5.69 Å². The molecule has 0 saturated heterocycles. The number of carbonyl (C=O) groups excluding carboxylic acids is 2. The van der Waals surface area contributed by atoms with Crippen molar-refractivity contribution in [3.05, 3.63) is 22.4 Å². The van der Waals surface area contributed by atoms with Gasteiger partial charge < -0.3 is 10.6 Å². The Labute approximate surface area is 107 Å². The number of hydrogen-bond acceptors (Lipinski definition) is 3. The van der Waals surface area contributed by atoms with Gasteiger partial charge in [0, 0.05) is 13.0 Å². The summed E-state index contributed by atoms with van der Waals surface area (Å²) in [5.74, 6) is -0.473. The van der Waals surface area contributed by atoms with Crippen molar-refractivity contribution in [2.24, 2.45) is 11.7 Å². The maximum absolute atomic E-state index is 11.9. The van der Waals surface area contributed by atoms with Crippen molar-refractivity contribution in [3.63, 3.8) is 0 Å². The summed E-state index contributed by atoms with van der Waals surface area (Å²) in [6, 6.07) is 1.52. The van der Waals surface area contributed by atoms with Crippen LogP contribution in [-0.2, 0) is 4.79 Å². The molecule has 2 N–H and O–H groups in total.